The van der Waals surface area contributed by atoms with Gasteiger partial charge in [0.05, 0.1) is 22.1 Å². The Morgan fingerprint density at radius 2 is 0.912 bits per heavy atom. The molecule has 4 heterocycles. The minimum absolute atomic E-state index is 0.583. The molecule has 0 atom stereocenters. The number of furan rings is 1. The van der Waals surface area contributed by atoms with Crippen molar-refractivity contribution in [2.75, 3.05) is 0 Å². The van der Waals surface area contributed by atoms with Crippen LogP contribution < -0.4 is 0 Å². The van der Waals surface area contributed by atoms with Crippen LogP contribution in [0, 0.1) is 0 Å². The van der Waals surface area contributed by atoms with E-state index in [2.05, 4.69) is 149 Å². The molecule has 6 nitrogen and oxygen atoms in total. The summed E-state index contributed by atoms with van der Waals surface area (Å²) in [5.41, 5.74) is 10.9. The Balaban J connectivity index is 1.12. The van der Waals surface area contributed by atoms with Crippen molar-refractivity contribution >= 4 is 65.6 Å². The number of benzene rings is 8. The van der Waals surface area contributed by atoms with Crippen LogP contribution in [0.4, 0.5) is 0 Å². The molecule has 0 fully saturated rings. The van der Waals surface area contributed by atoms with Gasteiger partial charge in [-0.1, -0.05) is 133 Å². The highest BCUT2D eigenvalue weighted by atomic mass is 16.3. The Labute approximate surface area is 326 Å². The summed E-state index contributed by atoms with van der Waals surface area (Å²) in [5.74, 6) is 1.79. The summed E-state index contributed by atoms with van der Waals surface area (Å²) in [6.45, 7) is 0. The van der Waals surface area contributed by atoms with Gasteiger partial charge in [0.2, 0.25) is 0 Å². The molecule has 0 amide bonds. The van der Waals surface area contributed by atoms with Crippen LogP contribution in [0.1, 0.15) is 0 Å². The fraction of sp³-hybridized carbons (Fsp3) is 0. The summed E-state index contributed by atoms with van der Waals surface area (Å²) in [6, 6.07) is 65.4. The standard InChI is InChI=1S/C51H31N5O/c1-4-15-32(16-5-1)49-52-50(33-27-28-38-36-21-10-12-24-42(36)55(44(38)31-33)34-17-6-2-7-18-34)54-51(53-49)41-23-14-26-45-46(41)40-30-29-39-37-22-11-13-25-43(37)56(47(39)48(40)57-45)35-19-8-3-9-20-35/h1-31H. The number of hydrogen-bond donors (Lipinski definition) is 0. The molecule has 8 aromatic carbocycles. The van der Waals surface area contributed by atoms with Crippen molar-refractivity contribution in [2.24, 2.45) is 0 Å². The maximum atomic E-state index is 6.89. The second-order valence-corrected chi connectivity index (χ2v) is 14.4. The first-order valence-corrected chi connectivity index (χ1v) is 19.1. The lowest BCUT2D eigenvalue weighted by Gasteiger charge is -2.11. The predicted octanol–water partition coefficient (Wildman–Crippen LogP) is 13.0. The molecule has 0 aliphatic rings. The smallest absolute Gasteiger partial charge is 0.164 e. The molecule has 266 valence electrons. The van der Waals surface area contributed by atoms with Crippen LogP contribution in [0.5, 0.6) is 0 Å². The third-order valence-corrected chi connectivity index (χ3v) is 11.2. The van der Waals surface area contributed by atoms with E-state index in [0.29, 0.717) is 17.5 Å². The molecule has 0 aliphatic carbocycles. The van der Waals surface area contributed by atoms with Gasteiger partial charge in [0.25, 0.3) is 0 Å². The van der Waals surface area contributed by atoms with Crippen molar-refractivity contribution in [2.45, 2.75) is 0 Å². The van der Waals surface area contributed by atoms with E-state index in [1.807, 2.05) is 48.5 Å². The van der Waals surface area contributed by atoms with Crippen LogP contribution in [0.2, 0.25) is 0 Å². The molecule has 57 heavy (non-hydrogen) atoms. The Morgan fingerprint density at radius 3 is 1.65 bits per heavy atom. The Hall–Kier alpha value is -7.83. The van der Waals surface area contributed by atoms with Crippen molar-refractivity contribution in [1.82, 2.24) is 24.1 Å². The van der Waals surface area contributed by atoms with Crippen LogP contribution in [-0.4, -0.2) is 24.1 Å². The molecule has 0 radical (unpaired) electrons. The van der Waals surface area contributed by atoms with Gasteiger partial charge < -0.3 is 13.6 Å². The van der Waals surface area contributed by atoms with Gasteiger partial charge in [0, 0.05) is 60.4 Å². The minimum Gasteiger partial charge on any atom is -0.454 e. The Kier molecular flexibility index (Phi) is 6.83. The first-order valence-electron chi connectivity index (χ1n) is 19.1. The van der Waals surface area contributed by atoms with Crippen LogP contribution in [0.25, 0.3) is 111 Å². The number of aromatic nitrogens is 5. The maximum Gasteiger partial charge on any atom is 0.164 e. The molecule has 0 bridgehead atoms. The molecule has 0 saturated carbocycles. The highest BCUT2D eigenvalue weighted by Gasteiger charge is 2.23. The average Bonchev–Trinajstić information content (AvgIpc) is 3.95. The van der Waals surface area contributed by atoms with Gasteiger partial charge in [-0.3, -0.25) is 0 Å². The molecule has 0 saturated heterocycles. The number of fused-ring (bicyclic) bond motifs is 10. The normalized spacial score (nSPS) is 11.9. The van der Waals surface area contributed by atoms with Gasteiger partial charge in [-0.25, -0.2) is 15.0 Å². The molecule has 6 heteroatoms. The van der Waals surface area contributed by atoms with E-state index in [9.17, 15) is 0 Å². The topological polar surface area (TPSA) is 61.7 Å². The zero-order chi connectivity index (χ0) is 37.5. The molecule has 0 aliphatic heterocycles. The molecule has 4 aromatic heterocycles. The van der Waals surface area contributed by atoms with E-state index >= 15 is 0 Å². The minimum atomic E-state index is 0.583. The van der Waals surface area contributed by atoms with Crippen molar-refractivity contribution in [3.05, 3.63) is 188 Å². The fourth-order valence-electron chi connectivity index (χ4n) is 8.67. The van der Waals surface area contributed by atoms with Gasteiger partial charge in [-0.2, -0.15) is 0 Å². The molecular formula is C51H31N5O. The summed E-state index contributed by atoms with van der Waals surface area (Å²) in [5, 5.41) is 6.66. The molecule has 12 rings (SSSR count). The van der Waals surface area contributed by atoms with Gasteiger partial charge >= 0.3 is 0 Å². The van der Waals surface area contributed by atoms with Crippen molar-refractivity contribution < 1.29 is 4.42 Å². The summed E-state index contributed by atoms with van der Waals surface area (Å²) < 4.78 is 11.5. The van der Waals surface area contributed by atoms with Crippen LogP contribution >= 0.6 is 0 Å². The largest absolute Gasteiger partial charge is 0.454 e. The third kappa shape index (κ3) is 4.81. The summed E-state index contributed by atoms with van der Waals surface area (Å²) in [7, 11) is 0. The summed E-state index contributed by atoms with van der Waals surface area (Å²) >= 11 is 0. The van der Waals surface area contributed by atoms with E-state index in [4.69, 9.17) is 19.4 Å². The zero-order valence-electron chi connectivity index (χ0n) is 30.5. The monoisotopic (exact) mass is 729 g/mol. The second kappa shape index (κ2) is 12.3. The first-order chi connectivity index (χ1) is 28.3. The lowest BCUT2D eigenvalue weighted by molar-refractivity contribution is 0.671. The quantitative estimate of drug-likeness (QED) is 0.177. The lowest BCUT2D eigenvalue weighted by atomic mass is 10.0. The van der Waals surface area contributed by atoms with E-state index in [1.54, 1.807) is 0 Å². The molecule has 0 unspecified atom stereocenters. The lowest BCUT2D eigenvalue weighted by Crippen LogP contribution is -2.00. The van der Waals surface area contributed by atoms with Gasteiger partial charge in [-0.15, -0.1) is 0 Å². The van der Waals surface area contributed by atoms with E-state index in [0.717, 1.165) is 77.5 Å². The summed E-state index contributed by atoms with van der Waals surface area (Å²) in [4.78, 5) is 15.6. The number of rotatable bonds is 5. The summed E-state index contributed by atoms with van der Waals surface area (Å²) in [6.07, 6.45) is 0. The van der Waals surface area contributed by atoms with Gasteiger partial charge in [0.1, 0.15) is 5.58 Å². The first kappa shape index (κ1) is 31.5. The fourth-order valence-corrected chi connectivity index (χ4v) is 8.67. The average molecular weight is 730 g/mol. The molecule has 12 aromatic rings. The van der Waals surface area contributed by atoms with Crippen molar-refractivity contribution in [3.8, 4) is 45.5 Å². The third-order valence-electron chi connectivity index (χ3n) is 11.2. The van der Waals surface area contributed by atoms with E-state index in [1.165, 1.54) is 16.2 Å². The zero-order valence-corrected chi connectivity index (χ0v) is 30.5. The number of hydrogen-bond acceptors (Lipinski definition) is 4. The van der Waals surface area contributed by atoms with E-state index < -0.39 is 0 Å². The molecule has 0 N–H and O–H groups in total. The van der Waals surface area contributed by atoms with Gasteiger partial charge in [-0.05, 0) is 54.6 Å². The number of nitrogens with zero attached hydrogens (tertiary/aromatic N) is 5. The Bertz CT molecular complexity index is 3510. The van der Waals surface area contributed by atoms with Crippen LogP contribution in [0.3, 0.4) is 0 Å². The second-order valence-electron chi connectivity index (χ2n) is 14.4. The van der Waals surface area contributed by atoms with Crippen molar-refractivity contribution in [1.29, 1.82) is 0 Å². The highest BCUT2D eigenvalue weighted by molar-refractivity contribution is 6.23. The van der Waals surface area contributed by atoms with Crippen LogP contribution in [-0.2, 0) is 0 Å². The SMILES string of the molecule is c1ccc(-c2nc(-c3ccc4c5ccccc5n(-c5ccccc5)c4c3)nc(-c3cccc4oc5c(ccc6c7ccccc7n(-c7ccccc7)c65)c34)n2)cc1. The van der Waals surface area contributed by atoms with Crippen LogP contribution in [0.15, 0.2) is 192 Å². The van der Waals surface area contributed by atoms with Crippen molar-refractivity contribution in [3.63, 3.8) is 0 Å². The Morgan fingerprint density at radius 1 is 0.368 bits per heavy atom. The predicted molar refractivity (Wildman–Crippen MR) is 232 cm³/mol. The maximum absolute atomic E-state index is 6.89. The van der Waals surface area contributed by atoms with Gasteiger partial charge in [0.15, 0.2) is 23.1 Å². The molecule has 0 spiro atoms. The molecular weight excluding hydrogens is 699 g/mol. The highest BCUT2D eigenvalue weighted by Crippen LogP contribution is 2.43. The number of para-hydroxylation sites is 4. The van der Waals surface area contributed by atoms with E-state index in [-0.39, 0.29) is 0 Å².